The molecule has 1 aromatic rings. The Kier molecular flexibility index (Phi) is 1.83. The lowest BCUT2D eigenvalue weighted by atomic mass is 10.2. The van der Waals surface area contributed by atoms with Crippen LogP contribution >= 0.6 is 0 Å². The maximum absolute atomic E-state index is 8.38. The van der Waals surface area contributed by atoms with Crippen LogP contribution in [0.5, 0.6) is 5.75 Å². The summed E-state index contributed by atoms with van der Waals surface area (Å²) in [7, 11) is 0.655. The molecule has 0 aliphatic heterocycles. The summed E-state index contributed by atoms with van der Waals surface area (Å²) in [6.45, 7) is 0. The van der Waals surface area contributed by atoms with Crippen LogP contribution in [0.1, 0.15) is 11.3 Å². The third kappa shape index (κ3) is 1.21. The summed E-state index contributed by atoms with van der Waals surface area (Å²) >= 11 is 0. The van der Waals surface area contributed by atoms with E-state index in [1.807, 2.05) is 18.2 Å². The quantitative estimate of drug-likeness (QED) is 0.642. The van der Waals surface area contributed by atoms with Gasteiger partial charge in [0.15, 0.2) is 0 Å². The summed E-state index contributed by atoms with van der Waals surface area (Å²) in [5, 5.41) is 8.38. The molecule has 1 heterocycles. The molecular weight excluding hydrogens is 153 g/mol. The molecule has 59 valence electrons. The number of aromatic nitrogens is 1. The first-order valence-electron chi connectivity index (χ1n) is 3.68. The van der Waals surface area contributed by atoms with Gasteiger partial charge >= 0.3 is 7.69 Å². The number of nitrogens with zero attached hydrogens (tertiary/aromatic N) is 1. The monoisotopic (exact) mass is 160 g/mol. The average molecular weight is 160 g/mol. The highest BCUT2D eigenvalue weighted by atomic mass is 16.5. The SMILES string of the molecule is O[B]Oc1cnc2c(c1)C=CC2. The summed E-state index contributed by atoms with van der Waals surface area (Å²) in [5.41, 5.74) is 2.12. The van der Waals surface area contributed by atoms with Gasteiger partial charge in [-0.2, -0.15) is 0 Å². The van der Waals surface area contributed by atoms with Crippen LogP contribution in [0, 0.1) is 0 Å². The summed E-state index contributed by atoms with van der Waals surface area (Å²) in [6, 6.07) is 1.85. The van der Waals surface area contributed by atoms with E-state index in [-0.39, 0.29) is 0 Å². The van der Waals surface area contributed by atoms with Gasteiger partial charge in [-0.05, 0) is 11.6 Å². The minimum Gasteiger partial charge on any atom is -0.536 e. The number of hydrogen-bond donors (Lipinski definition) is 1. The predicted molar refractivity (Wildman–Crippen MR) is 45.6 cm³/mol. The standard InChI is InChI=1S/C8H7BNO2/c11-9-12-7-4-6-2-1-3-8(6)10-5-7/h1-2,4-5,11H,3H2. The van der Waals surface area contributed by atoms with Gasteiger partial charge in [0, 0.05) is 6.42 Å². The molecule has 1 radical (unpaired) electrons. The molecule has 1 aromatic heterocycles. The van der Waals surface area contributed by atoms with Gasteiger partial charge in [0.1, 0.15) is 5.75 Å². The van der Waals surface area contributed by atoms with E-state index < -0.39 is 0 Å². The van der Waals surface area contributed by atoms with Crippen LogP contribution in [0.15, 0.2) is 18.3 Å². The minimum absolute atomic E-state index is 0.558. The number of rotatable bonds is 2. The largest absolute Gasteiger partial charge is 0.569 e. The van der Waals surface area contributed by atoms with Crippen LogP contribution < -0.4 is 4.65 Å². The van der Waals surface area contributed by atoms with Crippen molar-refractivity contribution >= 4 is 13.8 Å². The van der Waals surface area contributed by atoms with Gasteiger partial charge in [-0.15, -0.1) is 0 Å². The molecule has 0 spiro atoms. The molecular formula is C8H7BNO2. The Bertz CT molecular complexity index is 325. The molecule has 1 aliphatic rings. The van der Waals surface area contributed by atoms with Gasteiger partial charge in [0.25, 0.3) is 0 Å². The molecule has 0 aromatic carbocycles. The Morgan fingerprint density at radius 3 is 3.33 bits per heavy atom. The molecule has 0 bridgehead atoms. The zero-order chi connectivity index (χ0) is 8.39. The van der Waals surface area contributed by atoms with Crippen molar-refractivity contribution in [2.75, 3.05) is 0 Å². The van der Waals surface area contributed by atoms with E-state index in [2.05, 4.69) is 4.98 Å². The van der Waals surface area contributed by atoms with Crippen molar-refractivity contribution in [2.45, 2.75) is 6.42 Å². The number of fused-ring (bicyclic) bond motifs is 1. The van der Waals surface area contributed by atoms with E-state index in [1.54, 1.807) is 6.20 Å². The molecule has 12 heavy (non-hydrogen) atoms. The van der Waals surface area contributed by atoms with E-state index in [9.17, 15) is 0 Å². The third-order valence-electron chi connectivity index (χ3n) is 1.78. The van der Waals surface area contributed by atoms with Gasteiger partial charge in [-0.3, -0.25) is 4.98 Å². The van der Waals surface area contributed by atoms with Crippen LogP contribution in [-0.4, -0.2) is 17.7 Å². The summed E-state index contributed by atoms with van der Waals surface area (Å²) in [5.74, 6) is 0.558. The minimum atomic E-state index is 0.558. The molecule has 0 saturated heterocycles. The van der Waals surface area contributed by atoms with Gasteiger partial charge in [-0.25, -0.2) is 0 Å². The highest BCUT2D eigenvalue weighted by Crippen LogP contribution is 2.21. The second-order valence-corrected chi connectivity index (χ2v) is 2.54. The van der Waals surface area contributed by atoms with Crippen LogP contribution in [-0.2, 0) is 6.42 Å². The van der Waals surface area contributed by atoms with Crippen molar-refractivity contribution in [2.24, 2.45) is 0 Å². The van der Waals surface area contributed by atoms with Crippen molar-refractivity contribution in [3.63, 3.8) is 0 Å². The maximum atomic E-state index is 8.38. The first kappa shape index (κ1) is 7.37. The smallest absolute Gasteiger partial charge is 0.536 e. The molecule has 0 saturated carbocycles. The van der Waals surface area contributed by atoms with Gasteiger partial charge in [0.05, 0.1) is 11.9 Å². The molecule has 0 fully saturated rings. The molecule has 4 heteroatoms. The van der Waals surface area contributed by atoms with Gasteiger partial charge in [0.2, 0.25) is 0 Å². The lowest BCUT2D eigenvalue weighted by Gasteiger charge is -2.02. The van der Waals surface area contributed by atoms with Crippen molar-refractivity contribution in [3.8, 4) is 5.75 Å². The van der Waals surface area contributed by atoms with Crippen LogP contribution in [0.25, 0.3) is 6.08 Å². The summed E-state index contributed by atoms with van der Waals surface area (Å²) < 4.78 is 4.77. The molecule has 1 N–H and O–H groups in total. The van der Waals surface area contributed by atoms with E-state index in [4.69, 9.17) is 9.68 Å². The molecule has 1 aliphatic carbocycles. The van der Waals surface area contributed by atoms with E-state index in [0.29, 0.717) is 13.4 Å². The first-order valence-corrected chi connectivity index (χ1v) is 3.68. The van der Waals surface area contributed by atoms with Crippen LogP contribution in [0.2, 0.25) is 0 Å². The van der Waals surface area contributed by atoms with E-state index in [1.165, 1.54) is 0 Å². The van der Waals surface area contributed by atoms with Gasteiger partial charge in [-0.1, -0.05) is 12.2 Å². The summed E-state index contributed by atoms with van der Waals surface area (Å²) in [6.07, 6.45) is 6.52. The highest BCUT2D eigenvalue weighted by molar-refractivity contribution is 6.17. The highest BCUT2D eigenvalue weighted by Gasteiger charge is 2.07. The normalized spacial score (nSPS) is 12.8. The van der Waals surface area contributed by atoms with Crippen molar-refractivity contribution < 1.29 is 9.68 Å². The Hall–Kier alpha value is -1.29. The predicted octanol–water partition coefficient (Wildman–Crippen LogP) is 0.556. The maximum Gasteiger partial charge on any atom is 0.569 e. The fourth-order valence-electron chi connectivity index (χ4n) is 1.23. The molecule has 2 rings (SSSR count). The van der Waals surface area contributed by atoms with E-state index in [0.717, 1.165) is 17.7 Å². The molecule has 0 amide bonds. The second-order valence-electron chi connectivity index (χ2n) is 2.54. The topological polar surface area (TPSA) is 42.4 Å². The zero-order valence-electron chi connectivity index (χ0n) is 6.40. The fourth-order valence-corrected chi connectivity index (χ4v) is 1.23. The lowest BCUT2D eigenvalue weighted by molar-refractivity contribution is 0.452. The Morgan fingerprint density at radius 2 is 2.50 bits per heavy atom. The number of pyridine rings is 1. The molecule has 3 nitrogen and oxygen atoms in total. The second kappa shape index (κ2) is 2.99. The van der Waals surface area contributed by atoms with Crippen LogP contribution in [0.3, 0.4) is 0 Å². The lowest BCUT2D eigenvalue weighted by Crippen LogP contribution is -2.01. The number of hydrogen-bond acceptors (Lipinski definition) is 3. The van der Waals surface area contributed by atoms with Crippen LogP contribution in [0.4, 0.5) is 0 Å². The van der Waals surface area contributed by atoms with Crippen molar-refractivity contribution in [1.82, 2.24) is 4.98 Å². The molecule has 0 unspecified atom stereocenters. The number of allylic oxidation sites excluding steroid dienone is 1. The zero-order valence-corrected chi connectivity index (χ0v) is 6.40. The van der Waals surface area contributed by atoms with E-state index >= 15 is 0 Å². The van der Waals surface area contributed by atoms with Crippen molar-refractivity contribution in [3.05, 3.63) is 29.6 Å². The fraction of sp³-hybridized carbons (Fsp3) is 0.125. The molecule has 0 atom stereocenters. The van der Waals surface area contributed by atoms with Crippen molar-refractivity contribution in [1.29, 1.82) is 0 Å². The third-order valence-corrected chi connectivity index (χ3v) is 1.78. The first-order chi connectivity index (χ1) is 5.90. The average Bonchev–Trinajstić information content (AvgIpc) is 2.51. The summed E-state index contributed by atoms with van der Waals surface area (Å²) in [4.78, 5) is 4.16. The Balaban J connectivity index is 2.31. The van der Waals surface area contributed by atoms with Gasteiger partial charge < -0.3 is 9.68 Å². The Morgan fingerprint density at radius 1 is 1.58 bits per heavy atom. The Labute approximate surface area is 71.0 Å².